The highest BCUT2D eigenvalue weighted by Gasteiger charge is 2.18. The number of nitrogen functional groups attached to an aromatic ring is 1. The molecule has 0 saturated heterocycles. The number of rotatable bonds is 10. The van der Waals surface area contributed by atoms with Crippen LogP contribution in [0.5, 0.6) is 17.2 Å². The van der Waals surface area contributed by atoms with Gasteiger partial charge in [-0.2, -0.15) is 0 Å². The van der Waals surface area contributed by atoms with Crippen LogP contribution in [0.1, 0.15) is 5.56 Å². The first kappa shape index (κ1) is 24.1. The number of nitrogens with one attached hydrogen (secondary N) is 1. The molecule has 0 spiro atoms. The highest BCUT2D eigenvalue weighted by Crippen LogP contribution is 2.38. The normalized spacial score (nSPS) is 10.6. The van der Waals surface area contributed by atoms with Crippen LogP contribution in [-0.4, -0.2) is 36.4 Å². The van der Waals surface area contributed by atoms with Crippen molar-refractivity contribution in [2.75, 3.05) is 32.4 Å². The molecule has 1 aromatic carbocycles. The van der Waals surface area contributed by atoms with Crippen molar-refractivity contribution in [2.45, 2.75) is 13.1 Å². The maximum atomic E-state index is 12.7. The van der Waals surface area contributed by atoms with E-state index < -0.39 is 17.2 Å². The van der Waals surface area contributed by atoms with E-state index in [0.717, 1.165) is 9.13 Å². The average molecular weight is 442 g/mol. The Morgan fingerprint density at radius 3 is 2.09 bits per heavy atom. The summed E-state index contributed by atoms with van der Waals surface area (Å²) < 4.78 is 17.9. The Labute approximate surface area is 184 Å². The highest BCUT2D eigenvalue weighted by atomic mass is 16.5. The first-order valence-corrected chi connectivity index (χ1v) is 9.46. The Bertz CT molecular complexity index is 1150. The Morgan fingerprint density at radius 1 is 1.03 bits per heavy atom. The fraction of sp³-hybridized carbons (Fsp3) is 0.227. The molecule has 2 rings (SSSR count). The summed E-state index contributed by atoms with van der Waals surface area (Å²) in [7, 11) is 4.44. The number of ether oxygens (including phenoxy) is 3. The van der Waals surface area contributed by atoms with Crippen molar-refractivity contribution in [2.24, 2.45) is 0 Å². The molecule has 0 aliphatic heterocycles. The van der Waals surface area contributed by atoms with Crippen molar-refractivity contribution >= 4 is 23.5 Å². The molecule has 170 valence electrons. The summed E-state index contributed by atoms with van der Waals surface area (Å²) in [6, 6.07) is 3.31. The van der Waals surface area contributed by atoms with Gasteiger partial charge in [-0.05, 0) is 23.8 Å². The number of carbonyl (C=O) groups excluding carboxylic acids is 1. The van der Waals surface area contributed by atoms with Crippen LogP contribution in [0.4, 0.5) is 11.5 Å². The summed E-state index contributed by atoms with van der Waals surface area (Å²) in [5.74, 6) is 0.447. The monoisotopic (exact) mass is 442 g/mol. The molecule has 10 heteroatoms. The van der Waals surface area contributed by atoms with Gasteiger partial charge in [-0.3, -0.25) is 18.7 Å². The zero-order valence-electron chi connectivity index (χ0n) is 18.2. The number of hydrogen-bond donors (Lipinski definition) is 2. The molecule has 10 nitrogen and oxygen atoms in total. The van der Waals surface area contributed by atoms with Gasteiger partial charge in [-0.15, -0.1) is 13.2 Å². The molecule has 0 radical (unpaired) electrons. The van der Waals surface area contributed by atoms with E-state index in [2.05, 4.69) is 18.5 Å². The van der Waals surface area contributed by atoms with Gasteiger partial charge in [0.15, 0.2) is 11.5 Å². The smallest absolute Gasteiger partial charge is 0.333 e. The predicted octanol–water partition coefficient (Wildman–Crippen LogP) is 1.64. The summed E-state index contributed by atoms with van der Waals surface area (Å²) in [6.45, 7) is 7.14. The lowest BCUT2D eigenvalue weighted by molar-refractivity contribution is -0.111. The summed E-state index contributed by atoms with van der Waals surface area (Å²) >= 11 is 0. The number of nitrogens with two attached hydrogens (primary N) is 1. The minimum absolute atomic E-state index is 0.0424. The fourth-order valence-electron chi connectivity index (χ4n) is 2.96. The maximum Gasteiger partial charge on any atom is 0.333 e. The van der Waals surface area contributed by atoms with Gasteiger partial charge in [-0.1, -0.05) is 12.2 Å². The topological polar surface area (TPSA) is 127 Å². The number of hydrogen-bond acceptors (Lipinski definition) is 7. The number of amides is 1. The van der Waals surface area contributed by atoms with Crippen LogP contribution in [0.25, 0.3) is 6.08 Å². The third-order valence-electron chi connectivity index (χ3n) is 4.45. The Balaban J connectivity index is 2.42. The number of anilines is 2. The third kappa shape index (κ3) is 4.91. The van der Waals surface area contributed by atoms with Gasteiger partial charge in [0.1, 0.15) is 11.5 Å². The summed E-state index contributed by atoms with van der Waals surface area (Å²) in [5, 5.41) is 2.45. The average Bonchev–Trinajstić information content (AvgIpc) is 2.80. The molecule has 0 saturated carbocycles. The highest BCUT2D eigenvalue weighted by molar-refractivity contribution is 6.03. The molecule has 0 unspecified atom stereocenters. The summed E-state index contributed by atoms with van der Waals surface area (Å²) in [5.41, 5.74) is 5.00. The lowest BCUT2D eigenvalue weighted by Gasteiger charge is -2.15. The van der Waals surface area contributed by atoms with Crippen LogP contribution in [0.2, 0.25) is 0 Å². The van der Waals surface area contributed by atoms with Crippen LogP contribution in [-0.2, 0) is 17.9 Å². The first-order valence-electron chi connectivity index (χ1n) is 9.46. The number of benzene rings is 1. The molecule has 0 atom stereocenters. The van der Waals surface area contributed by atoms with E-state index >= 15 is 0 Å². The molecule has 0 aliphatic carbocycles. The van der Waals surface area contributed by atoms with Crippen molar-refractivity contribution in [3.8, 4) is 17.2 Å². The number of methoxy groups -OCH3 is 3. The number of aromatic nitrogens is 2. The van der Waals surface area contributed by atoms with Gasteiger partial charge in [-0.25, -0.2) is 4.79 Å². The van der Waals surface area contributed by atoms with E-state index in [1.54, 1.807) is 12.1 Å². The second-order valence-corrected chi connectivity index (χ2v) is 6.43. The zero-order valence-corrected chi connectivity index (χ0v) is 18.2. The molecular formula is C22H26N4O6. The van der Waals surface area contributed by atoms with Gasteiger partial charge in [0.05, 0.1) is 21.3 Å². The zero-order chi connectivity index (χ0) is 23.8. The minimum atomic E-state index is -0.734. The van der Waals surface area contributed by atoms with Crippen LogP contribution >= 0.6 is 0 Å². The van der Waals surface area contributed by atoms with E-state index in [9.17, 15) is 14.4 Å². The number of carbonyl (C=O) groups is 1. The second kappa shape index (κ2) is 10.7. The van der Waals surface area contributed by atoms with Crippen LogP contribution in [0, 0.1) is 0 Å². The lowest BCUT2D eigenvalue weighted by atomic mass is 10.1. The third-order valence-corrected chi connectivity index (χ3v) is 4.45. The molecule has 1 amide bonds. The molecule has 0 bridgehead atoms. The Morgan fingerprint density at radius 2 is 1.59 bits per heavy atom. The second-order valence-electron chi connectivity index (χ2n) is 6.43. The van der Waals surface area contributed by atoms with Crippen molar-refractivity contribution in [1.29, 1.82) is 0 Å². The van der Waals surface area contributed by atoms with Crippen LogP contribution in [0.15, 0.2) is 53.1 Å². The van der Waals surface area contributed by atoms with Crippen LogP contribution in [0.3, 0.4) is 0 Å². The van der Waals surface area contributed by atoms with Crippen molar-refractivity contribution in [1.82, 2.24) is 9.13 Å². The number of nitrogens with zero attached hydrogens (tertiary/aromatic N) is 2. The molecule has 32 heavy (non-hydrogen) atoms. The molecule has 3 N–H and O–H groups in total. The molecule has 0 fully saturated rings. The van der Waals surface area contributed by atoms with Crippen molar-refractivity contribution < 1.29 is 19.0 Å². The van der Waals surface area contributed by atoms with Gasteiger partial charge in [0.25, 0.3) is 5.56 Å². The maximum absolute atomic E-state index is 12.7. The molecular weight excluding hydrogens is 416 g/mol. The first-order chi connectivity index (χ1) is 15.3. The Kier molecular flexibility index (Phi) is 8.05. The van der Waals surface area contributed by atoms with Gasteiger partial charge >= 0.3 is 5.69 Å². The fourth-order valence-corrected chi connectivity index (χ4v) is 2.96. The number of allylic oxidation sites excluding steroid dienone is 2. The molecule has 2 aromatic rings. The van der Waals surface area contributed by atoms with Crippen molar-refractivity contribution in [3.63, 3.8) is 0 Å². The van der Waals surface area contributed by atoms with Gasteiger partial charge < -0.3 is 25.3 Å². The van der Waals surface area contributed by atoms with E-state index in [4.69, 9.17) is 19.9 Å². The molecule has 1 heterocycles. The Hall–Kier alpha value is -4.21. The molecule has 1 aromatic heterocycles. The van der Waals surface area contributed by atoms with Gasteiger partial charge in [0.2, 0.25) is 11.7 Å². The van der Waals surface area contributed by atoms with Crippen LogP contribution < -0.4 is 36.5 Å². The van der Waals surface area contributed by atoms with E-state index in [1.807, 2.05) is 0 Å². The summed E-state index contributed by atoms with van der Waals surface area (Å²) in [4.78, 5) is 37.7. The predicted molar refractivity (Wildman–Crippen MR) is 124 cm³/mol. The standard InChI is InChI=1S/C22H26N4O6/c1-6-10-25-20(23)18(21(28)26(11-7-2)22(25)29)24-17(27)9-8-14-12-15(30-3)19(32-5)16(13-14)31-4/h6-9,12-13H,1-2,10-11,23H2,3-5H3,(H,24,27). The minimum Gasteiger partial charge on any atom is -0.493 e. The lowest BCUT2D eigenvalue weighted by Crippen LogP contribution is -2.42. The summed E-state index contributed by atoms with van der Waals surface area (Å²) in [6.07, 6.45) is 5.56. The van der Waals surface area contributed by atoms with E-state index in [0.29, 0.717) is 22.8 Å². The largest absolute Gasteiger partial charge is 0.493 e. The molecule has 0 aliphatic rings. The SMILES string of the molecule is C=CCn1c(N)c(NC(=O)C=Cc2cc(OC)c(OC)c(OC)c2)c(=O)n(CC=C)c1=O. The van der Waals surface area contributed by atoms with Gasteiger partial charge in [0, 0.05) is 19.2 Å². The quantitative estimate of drug-likeness (QED) is 0.423. The van der Waals surface area contributed by atoms with Crippen molar-refractivity contribution in [3.05, 3.63) is 69.9 Å². The van der Waals surface area contributed by atoms with E-state index in [-0.39, 0.29) is 24.6 Å². The van der Waals surface area contributed by atoms with E-state index in [1.165, 1.54) is 45.6 Å².